The summed E-state index contributed by atoms with van der Waals surface area (Å²) in [5, 5.41) is 2.38. The molecule has 4 nitrogen and oxygen atoms in total. The van der Waals surface area contributed by atoms with Gasteiger partial charge >= 0.3 is 12.2 Å². The Hall–Kier alpha value is -2.77. The van der Waals surface area contributed by atoms with Crippen molar-refractivity contribution in [3.05, 3.63) is 59.9 Å². The van der Waals surface area contributed by atoms with Crippen molar-refractivity contribution in [3.63, 3.8) is 0 Å². The summed E-state index contributed by atoms with van der Waals surface area (Å²) >= 11 is 0. The summed E-state index contributed by atoms with van der Waals surface area (Å²) in [4.78, 5) is 11.6. The van der Waals surface area contributed by atoms with Crippen LogP contribution in [0, 0.1) is 5.82 Å². The molecule has 0 aliphatic heterocycles. The number of carbonyl (C=O) groups excluding carboxylic acids is 1. The topological polar surface area (TPSA) is 53.2 Å². The Morgan fingerprint density at radius 2 is 1.64 bits per heavy atom. The summed E-state index contributed by atoms with van der Waals surface area (Å²) in [6.45, 7) is 0. The SMILES string of the molecule is O=C(NNc1cccc(C(F)(F)F)c1)Nc1ccc(F)cc1. The maximum atomic E-state index is 12.7. The van der Waals surface area contributed by atoms with Crippen molar-refractivity contribution in [2.75, 3.05) is 10.7 Å². The number of halogens is 4. The molecule has 0 saturated carbocycles. The maximum Gasteiger partial charge on any atom is 0.416 e. The van der Waals surface area contributed by atoms with Crippen molar-refractivity contribution >= 4 is 17.4 Å². The third-order valence-corrected chi connectivity index (χ3v) is 2.61. The number of hydrogen-bond donors (Lipinski definition) is 3. The highest BCUT2D eigenvalue weighted by Gasteiger charge is 2.30. The first-order valence-corrected chi connectivity index (χ1v) is 6.10. The van der Waals surface area contributed by atoms with E-state index < -0.39 is 23.6 Å². The molecule has 116 valence electrons. The standard InChI is InChI=1S/C14H11F4N3O/c15-10-4-6-11(7-5-10)19-13(22)21-20-12-3-1-2-9(8-12)14(16,17)18/h1-8,20H,(H2,19,21,22). The number of urea groups is 1. The largest absolute Gasteiger partial charge is 0.416 e. The molecule has 0 aliphatic rings. The van der Waals surface area contributed by atoms with Gasteiger partial charge in [-0.2, -0.15) is 13.2 Å². The summed E-state index contributed by atoms with van der Waals surface area (Å²) in [6.07, 6.45) is -4.46. The van der Waals surface area contributed by atoms with E-state index >= 15 is 0 Å². The van der Waals surface area contributed by atoms with E-state index in [1.54, 1.807) is 0 Å². The van der Waals surface area contributed by atoms with Crippen LogP contribution in [0.5, 0.6) is 0 Å². The molecule has 8 heteroatoms. The molecule has 2 amide bonds. The van der Waals surface area contributed by atoms with Crippen LogP contribution < -0.4 is 16.2 Å². The molecule has 0 bridgehead atoms. The predicted molar refractivity (Wildman–Crippen MR) is 73.6 cm³/mol. The summed E-state index contributed by atoms with van der Waals surface area (Å²) in [5.74, 6) is -0.451. The normalized spacial score (nSPS) is 10.9. The zero-order valence-electron chi connectivity index (χ0n) is 11.0. The second-order valence-corrected chi connectivity index (χ2v) is 4.29. The van der Waals surface area contributed by atoms with Crippen LogP contribution in [0.15, 0.2) is 48.5 Å². The lowest BCUT2D eigenvalue weighted by atomic mass is 10.2. The predicted octanol–water partition coefficient (Wildman–Crippen LogP) is 3.99. The zero-order valence-corrected chi connectivity index (χ0v) is 11.0. The molecule has 0 fully saturated rings. The Balaban J connectivity index is 1.92. The summed E-state index contributed by atoms with van der Waals surface area (Å²) < 4.78 is 50.3. The molecule has 0 atom stereocenters. The Labute approximate surface area is 123 Å². The van der Waals surface area contributed by atoms with Crippen LogP contribution >= 0.6 is 0 Å². The van der Waals surface area contributed by atoms with Crippen molar-refractivity contribution in [1.82, 2.24) is 5.43 Å². The summed E-state index contributed by atoms with van der Waals surface area (Å²) in [6, 6.07) is 8.67. The highest BCUT2D eigenvalue weighted by atomic mass is 19.4. The van der Waals surface area contributed by atoms with E-state index in [0.29, 0.717) is 5.69 Å². The quantitative estimate of drug-likeness (QED) is 0.593. The molecule has 2 aromatic carbocycles. The van der Waals surface area contributed by atoms with Crippen LogP contribution in [0.4, 0.5) is 33.7 Å². The highest BCUT2D eigenvalue weighted by molar-refractivity contribution is 5.89. The second-order valence-electron chi connectivity index (χ2n) is 4.29. The number of carbonyl (C=O) groups is 1. The van der Waals surface area contributed by atoms with E-state index in [-0.39, 0.29) is 5.69 Å². The van der Waals surface area contributed by atoms with Gasteiger partial charge in [0.1, 0.15) is 5.82 Å². The van der Waals surface area contributed by atoms with Crippen molar-refractivity contribution in [2.24, 2.45) is 0 Å². The number of amides is 2. The van der Waals surface area contributed by atoms with E-state index in [1.165, 1.54) is 24.3 Å². The number of nitrogens with one attached hydrogen (secondary N) is 3. The summed E-state index contributed by atoms with van der Waals surface area (Å²) in [7, 11) is 0. The van der Waals surface area contributed by atoms with Gasteiger partial charge in [0.2, 0.25) is 0 Å². The van der Waals surface area contributed by atoms with Gasteiger partial charge in [0, 0.05) is 5.69 Å². The Kier molecular flexibility index (Phi) is 4.50. The Morgan fingerprint density at radius 1 is 0.955 bits per heavy atom. The fourth-order valence-electron chi connectivity index (χ4n) is 1.60. The molecule has 2 rings (SSSR count). The molecule has 22 heavy (non-hydrogen) atoms. The first-order valence-electron chi connectivity index (χ1n) is 6.10. The van der Waals surface area contributed by atoms with Gasteiger partial charge in [-0.15, -0.1) is 0 Å². The molecule has 0 saturated heterocycles. The molecular weight excluding hydrogens is 302 g/mol. The minimum absolute atomic E-state index is 0.0732. The smallest absolute Gasteiger partial charge is 0.307 e. The van der Waals surface area contributed by atoms with Crippen LogP contribution in [0.25, 0.3) is 0 Å². The number of benzene rings is 2. The average Bonchev–Trinajstić information content (AvgIpc) is 2.47. The first-order chi connectivity index (χ1) is 10.3. The van der Waals surface area contributed by atoms with Gasteiger partial charge < -0.3 is 5.32 Å². The summed E-state index contributed by atoms with van der Waals surface area (Å²) in [5.41, 5.74) is 4.11. The lowest BCUT2D eigenvalue weighted by Crippen LogP contribution is -2.33. The lowest BCUT2D eigenvalue weighted by molar-refractivity contribution is -0.137. The van der Waals surface area contributed by atoms with E-state index in [2.05, 4.69) is 16.2 Å². The van der Waals surface area contributed by atoms with Crippen LogP contribution in [0.2, 0.25) is 0 Å². The Morgan fingerprint density at radius 3 is 2.27 bits per heavy atom. The van der Waals surface area contributed by atoms with Crippen LogP contribution in [0.3, 0.4) is 0 Å². The van der Waals surface area contributed by atoms with Crippen molar-refractivity contribution in [2.45, 2.75) is 6.18 Å². The maximum absolute atomic E-state index is 12.7. The van der Waals surface area contributed by atoms with Crippen molar-refractivity contribution in [1.29, 1.82) is 0 Å². The monoisotopic (exact) mass is 313 g/mol. The zero-order chi connectivity index (χ0) is 16.2. The molecule has 3 N–H and O–H groups in total. The molecule has 0 aromatic heterocycles. The number of rotatable bonds is 3. The Bertz CT molecular complexity index is 656. The molecule has 0 unspecified atom stereocenters. The van der Waals surface area contributed by atoms with Crippen molar-refractivity contribution < 1.29 is 22.4 Å². The van der Waals surface area contributed by atoms with Crippen molar-refractivity contribution in [3.8, 4) is 0 Å². The van der Waals surface area contributed by atoms with Gasteiger partial charge in [-0.25, -0.2) is 9.18 Å². The number of hydrazine groups is 1. The number of alkyl halides is 3. The van der Waals surface area contributed by atoms with Gasteiger partial charge in [-0.05, 0) is 42.5 Å². The second kappa shape index (κ2) is 6.33. The van der Waals surface area contributed by atoms with E-state index in [9.17, 15) is 22.4 Å². The molecule has 0 aliphatic carbocycles. The molecule has 2 aromatic rings. The fraction of sp³-hybridized carbons (Fsp3) is 0.0714. The number of anilines is 2. The molecule has 0 spiro atoms. The van der Waals surface area contributed by atoms with Crippen LogP contribution in [-0.4, -0.2) is 6.03 Å². The van der Waals surface area contributed by atoms with Gasteiger partial charge in [0.05, 0.1) is 11.3 Å². The van der Waals surface area contributed by atoms with Gasteiger partial charge in [-0.3, -0.25) is 10.9 Å². The van der Waals surface area contributed by atoms with Crippen LogP contribution in [0.1, 0.15) is 5.56 Å². The van der Waals surface area contributed by atoms with E-state index in [1.807, 2.05) is 0 Å². The fourth-order valence-corrected chi connectivity index (χ4v) is 1.60. The lowest BCUT2D eigenvalue weighted by Gasteiger charge is -2.12. The molecule has 0 heterocycles. The van der Waals surface area contributed by atoms with Gasteiger partial charge in [-0.1, -0.05) is 6.07 Å². The van der Waals surface area contributed by atoms with E-state index in [4.69, 9.17) is 0 Å². The van der Waals surface area contributed by atoms with Gasteiger partial charge in [0.25, 0.3) is 0 Å². The third kappa shape index (κ3) is 4.37. The first kappa shape index (κ1) is 15.6. The highest BCUT2D eigenvalue weighted by Crippen LogP contribution is 2.30. The van der Waals surface area contributed by atoms with E-state index in [0.717, 1.165) is 24.3 Å². The average molecular weight is 313 g/mol. The number of hydrogen-bond acceptors (Lipinski definition) is 2. The molecule has 0 radical (unpaired) electrons. The third-order valence-electron chi connectivity index (χ3n) is 2.61. The minimum atomic E-state index is -4.46. The minimum Gasteiger partial charge on any atom is -0.307 e. The molecular formula is C14H11F4N3O. The van der Waals surface area contributed by atoms with Gasteiger partial charge in [0.15, 0.2) is 0 Å². The van der Waals surface area contributed by atoms with Crippen LogP contribution in [-0.2, 0) is 6.18 Å².